The zero-order valence-electron chi connectivity index (χ0n) is 7.66. The number of carbonyl (C=O) groups is 2. The third-order valence-electron chi connectivity index (χ3n) is 1.56. The highest BCUT2D eigenvalue weighted by atomic mass is 35.5. The van der Waals surface area contributed by atoms with Crippen molar-refractivity contribution < 1.29 is 9.59 Å². The molecule has 0 unspecified atom stereocenters. The van der Waals surface area contributed by atoms with Gasteiger partial charge >= 0.3 is 6.03 Å². The van der Waals surface area contributed by atoms with Crippen LogP contribution < -0.4 is 11.1 Å². The smallest absolute Gasteiger partial charge is 0.273 e. The number of hydrogen-bond acceptors (Lipinski definition) is 2. The van der Waals surface area contributed by atoms with Crippen molar-refractivity contribution in [2.75, 3.05) is 0 Å². The second kappa shape index (κ2) is 5.17. The van der Waals surface area contributed by atoms with Gasteiger partial charge in [0.15, 0.2) is 0 Å². The van der Waals surface area contributed by atoms with Gasteiger partial charge in [0.25, 0.3) is 5.91 Å². The van der Waals surface area contributed by atoms with Crippen LogP contribution in [0.3, 0.4) is 0 Å². The van der Waals surface area contributed by atoms with Crippen molar-refractivity contribution >= 4 is 29.6 Å². The Morgan fingerprint density at radius 3 is 2.60 bits per heavy atom. The Balaban J connectivity index is 2.70. The van der Waals surface area contributed by atoms with Crippen molar-refractivity contribution in [2.24, 2.45) is 0 Å². The molecule has 0 bridgehead atoms. The summed E-state index contributed by atoms with van der Waals surface area (Å²) in [6.45, 7) is 0. The van der Waals surface area contributed by atoms with Crippen LogP contribution in [0.4, 0.5) is 4.79 Å². The minimum Gasteiger partial charge on any atom is -0.273 e. The highest BCUT2D eigenvalue weighted by Crippen LogP contribution is 2.15. The van der Waals surface area contributed by atoms with Gasteiger partial charge in [0.1, 0.15) is 0 Å². The number of benzene rings is 1. The maximum absolute atomic E-state index is 11.0. The van der Waals surface area contributed by atoms with E-state index in [1.165, 1.54) is 6.08 Å². The van der Waals surface area contributed by atoms with E-state index < -0.39 is 11.9 Å². The molecule has 1 radical (unpaired) electrons. The van der Waals surface area contributed by atoms with Gasteiger partial charge in [-0.05, 0) is 17.7 Å². The van der Waals surface area contributed by atoms with Crippen LogP contribution >= 0.6 is 11.6 Å². The van der Waals surface area contributed by atoms with Crippen LogP contribution in [0.2, 0.25) is 5.02 Å². The number of hydrogen-bond donors (Lipinski definition) is 1. The number of urea groups is 1. The number of amides is 3. The van der Waals surface area contributed by atoms with Crippen molar-refractivity contribution in [3.8, 4) is 0 Å². The third kappa shape index (κ3) is 3.83. The average Bonchev–Trinajstić information content (AvgIpc) is 2.15. The lowest BCUT2D eigenvalue weighted by Gasteiger charge is -1.96. The summed E-state index contributed by atoms with van der Waals surface area (Å²) < 4.78 is 0. The molecule has 2 N–H and O–H groups in total. The lowest BCUT2D eigenvalue weighted by atomic mass is 10.2. The summed E-state index contributed by atoms with van der Waals surface area (Å²) in [7, 11) is 0. The summed E-state index contributed by atoms with van der Waals surface area (Å²) in [4.78, 5) is 21.2. The molecule has 0 aliphatic rings. The first kappa shape index (κ1) is 11.3. The van der Waals surface area contributed by atoms with E-state index in [0.29, 0.717) is 10.6 Å². The van der Waals surface area contributed by atoms with Crippen molar-refractivity contribution in [1.82, 2.24) is 11.1 Å². The van der Waals surface area contributed by atoms with Crippen LogP contribution in [-0.4, -0.2) is 11.9 Å². The van der Waals surface area contributed by atoms with E-state index in [2.05, 4.69) is 0 Å². The van der Waals surface area contributed by atoms with Crippen LogP contribution in [0.15, 0.2) is 30.3 Å². The highest BCUT2D eigenvalue weighted by Gasteiger charge is 1.99. The van der Waals surface area contributed by atoms with Crippen molar-refractivity contribution in [2.45, 2.75) is 0 Å². The summed E-state index contributed by atoms with van der Waals surface area (Å²) in [6, 6.07) is 5.83. The molecule has 4 nitrogen and oxygen atoms in total. The third-order valence-corrected chi connectivity index (χ3v) is 1.90. The van der Waals surface area contributed by atoms with E-state index in [1.807, 2.05) is 0 Å². The van der Waals surface area contributed by atoms with Gasteiger partial charge in [-0.25, -0.2) is 10.5 Å². The molecule has 0 aromatic heterocycles. The van der Waals surface area contributed by atoms with Crippen LogP contribution in [-0.2, 0) is 4.79 Å². The van der Waals surface area contributed by atoms with E-state index >= 15 is 0 Å². The fourth-order valence-corrected chi connectivity index (χ4v) is 1.13. The lowest BCUT2D eigenvalue weighted by Crippen LogP contribution is -2.27. The minimum atomic E-state index is -1.14. The van der Waals surface area contributed by atoms with Gasteiger partial charge in [-0.15, -0.1) is 0 Å². The average molecular weight is 224 g/mol. The maximum Gasteiger partial charge on any atom is 0.340 e. The molecule has 0 saturated heterocycles. The number of imide groups is 1. The molecular formula is C10H8ClN2O2. The van der Waals surface area contributed by atoms with Crippen molar-refractivity contribution in [3.63, 3.8) is 0 Å². The molecule has 1 aromatic carbocycles. The van der Waals surface area contributed by atoms with Gasteiger partial charge in [-0.1, -0.05) is 29.8 Å². The molecule has 1 aromatic rings. The van der Waals surface area contributed by atoms with Gasteiger partial charge < -0.3 is 0 Å². The number of carbonyl (C=O) groups excluding carboxylic acids is 2. The Bertz CT molecular complexity index is 416. The van der Waals surface area contributed by atoms with Crippen LogP contribution in [0.25, 0.3) is 6.08 Å². The molecule has 0 aliphatic carbocycles. The van der Waals surface area contributed by atoms with Gasteiger partial charge in [-0.3, -0.25) is 10.1 Å². The van der Waals surface area contributed by atoms with Crippen molar-refractivity contribution in [1.29, 1.82) is 0 Å². The Kier molecular flexibility index (Phi) is 3.88. The van der Waals surface area contributed by atoms with Gasteiger partial charge in [0.05, 0.1) is 0 Å². The summed E-state index contributed by atoms with van der Waals surface area (Å²) in [5.74, 6) is -0.644. The molecule has 77 valence electrons. The second-order valence-corrected chi connectivity index (χ2v) is 3.08. The quantitative estimate of drug-likeness (QED) is 0.778. The largest absolute Gasteiger partial charge is 0.340 e. The topological polar surface area (TPSA) is 70.0 Å². The first-order valence-corrected chi connectivity index (χ1v) is 4.46. The maximum atomic E-state index is 11.0. The number of rotatable bonds is 2. The molecule has 1 rings (SSSR count). The molecule has 5 heteroatoms. The second-order valence-electron chi connectivity index (χ2n) is 2.67. The fraction of sp³-hybridized carbons (Fsp3) is 0. The minimum absolute atomic E-state index is 0.513. The molecule has 0 aliphatic heterocycles. The Morgan fingerprint density at radius 2 is 2.00 bits per heavy atom. The van der Waals surface area contributed by atoms with Crippen LogP contribution in [0.5, 0.6) is 0 Å². The number of halogens is 1. The lowest BCUT2D eigenvalue weighted by molar-refractivity contribution is -0.115. The molecular weight excluding hydrogens is 216 g/mol. The first-order valence-electron chi connectivity index (χ1n) is 4.09. The first-order chi connectivity index (χ1) is 7.09. The van der Waals surface area contributed by atoms with E-state index in [1.54, 1.807) is 29.6 Å². The zero-order chi connectivity index (χ0) is 11.3. The monoisotopic (exact) mass is 223 g/mol. The van der Waals surface area contributed by atoms with E-state index in [-0.39, 0.29) is 0 Å². The van der Waals surface area contributed by atoms with Gasteiger partial charge in [-0.2, -0.15) is 0 Å². The Morgan fingerprint density at radius 1 is 1.33 bits per heavy atom. The predicted molar refractivity (Wildman–Crippen MR) is 57.1 cm³/mol. The molecule has 0 atom stereocenters. The zero-order valence-corrected chi connectivity index (χ0v) is 8.41. The standard InChI is InChI=1S/C10H8ClN2O2/c11-8-4-2-1-3-7(8)5-6-9(14)13-10(12)15/h1-6,12H,(H,13,14,15). The molecule has 3 amide bonds. The Hall–Kier alpha value is -1.81. The molecule has 0 saturated carbocycles. The predicted octanol–water partition coefficient (Wildman–Crippen LogP) is 1.87. The summed E-state index contributed by atoms with van der Waals surface area (Å²) >= 11 is 5.83. The van der Waals surface area contributed by atoms with E-state index in [0.717, 1.165) is 6.08 Å². The summed E-state index contributed by atoms with van der Waals surface area (Å²) in [5.41, 5.74) is 7.18. The number of nitrogens with one attached hydrogen (secondary N) is 2. The molecule has 0 fully saturated rings. The normalized spacial score (nSPS) is 10.2. The van der Waals surface area contributed by atoms with E-state index in [9.17, 15) is 9.59 Å². The SMILES string of the molecule is [NH]C(=O)NC(=O)C=Cc1ccccc1Cl. The molecule has 0 heterocycles. The van der Waals surface area contributed by atoms with Crippen molar-refractivity contribution in [3.05, 3.63) is 40.9 Å². The van der Waals surface area contributed by atoms with Crippen LogP contribution in [0.1, 0.15) is 5.56 Å². The fourth-order valence-electron chi connectivity index (χ4n) is 0.929. The molecule has 15 heavy (non-hydrogen) atoms. The molecule has 0 spiro atoms. The summed E-state index contributed by atoms with van der Waals surface area (Å²) in [5, 5.41) is 2.30. The highest BCUT2D eigenvalue weighted by molar-refractivity contribution is 6.32. The van der Waals surface area contributed by atoms with Gasteiger partial charge in [0, 0.05) is 11.1 Å². The van der Waals surface area contributed by atoms with Crippen LogP contribution in [0, 0.1) is 0 Å². The Labute approximate surface area is 91.7 Å². The van der Waals surface area contributed by atoms with Gasteiger partial charge in [0.2, 0.25) is 0 Å². The van der Waals surface area contributed by atoms with E-state index in [4.69, 9.17) is 17.3 Å². The summed E-state index contributed by atoms with van der Waals surface area (Å²) in [6.07, 6.45) is 2.62.